The van der Waals surface area contributed by atoms with Crippen LogP contribution in [-0.2, 0) is 6.61 Å². The van der Waals surface area contributed by atoms with E-state index in [4.69, 9.17) is 45.3 Å². The van der Waals surface area contributed by atoms with Gasteiger partial charge < -0.3 is 10.5 Å². The zero-order chi connectivity index (χ0) is 13.1. The maximum Gasteiger partial charge on any atom is 0.121 e. The minimum atomic E-state index is 0.319. The summed E-state index contributed by atoms with van der Waals surface area (Å²) >= 11 is 17.8. The molecule has 0 radical (unpaired) electrons. The van der Waals surface area contributed by atoms with Crippen molar-refractivity contribution in [3.05, 3.63) is 57.0 Å². The van der Waals surface area contributed by atoms with Gasteiger partial charge >= 0.3 is 0 Å². The van der Waals surface area contributed by atoms with Crippen molar-refractivity contribution in [2.24, 2.45) is 0 Å². The topological polar surface area (TPSA) is 35.2 Å². The number of nitrogen functional groups attached to an aromatic ring is 1. The molecule has 0 amide bonds. The smallest absolute Gasteiger partial charge is 0.121 e. The highest BCUT2D eigenvalue weighted by molar-refractivity contribution is 6.33. The van der Waals surface area contributed by atoms with Crippen LogP contribution >= 0.6 is 34.8 Å². The maximum atomic E-state index is 6.03. The van der Waals surface area contributed by atoms with E-state index in [9.17, 15) is 0 Å². The van der Waals surface area contributed by atoms with Crippen molar-refractivity contribution in [3.63, 3.8) is 0 Å². The fraction of sp³-hybridized carbons (Fsp3) is 0.0769. The van der Waals surface area contributed by atoms with Gasteiger partial charge in [-0.05, 0) is 30.3 Å². The van der Waals surface area contributed by atoms with Crippen LogP contribution in [0.3, 0.4) is 0 Å². The number of nitrogens with two attached hydrogens (primary N) is 1. The molecule has 2 aromatic carbocycles. The number of hydrogen-bond donors (Lipinski definition) is 1. The molecule has 0 aliphatic rings. The Labute approximate surface area is 120 Å². The van der Waals surface area contributed by atoms with Crippen LogP contribution in [0.5, 0.6) is 5.75 Å². The van der Waals surface area contributed by atoms with Gasteiger partial charge in [0.25, 0.3) is 0 Å². The predicted octanol–water partition coefficient (Wildman–Crippen LogP) is 4.81. The number of halogens is 3. The van der Waals surface area contributed by atoms with Gasteiger partial charge in [0, 0.05) is 21.7 Å². The molecule has 0 bridgehead atoms. The van der Waals surface area contributed by atoms with E-state index in [0.29, 0.717) is 33.1 Å². The lowest BCUT2D eigenvalue weighted by atomic mass is 10.2. The number of hydrogen-bond acceptors (Lipinski definition) is 2. The lowest BCUT2D eigenvalue weighted by Crippen LogP contribution is -1.97. The molecule has 0 fully saturated rings. The van der Waals surface area contributed by atoms with Gasteiger partial charge in [-0.15, -0.1) is 0 Å². The zero-order valence-electron chi connectivity index (χ0n) is 9.29. The number of anilines is 1. The van der Waals surface area contributed by atoms with Crippen LogP contribution in [0.2, 0.25) is 15.1 Å². The van der Waals surface area contributed by atoms with Crippen molar-refractivity contribution in [1.29, 1.82) is 0 Å². The van der Waals surface area contributed by atoms with Crippen LogP contribution < -0.4 is 10.5 Å². The summed E-state index contributed by atoms with van der Waals surface area (Å²) in [5.41, 5.74) is 6.95. The Balaban J connectivity index is 2.11. The van der Waals surface area contributed by atoms with Gasteiger partial charge in [-0.25, -0.2) is 0 Å². The quantitative estimate of drug-likeness (QED) is 0.826. The second-order valence-electron chi connectivity index (χ2n) is 3.71. The predicted molar refractivity (Wildman–Crippen MR) is 76.7 cm³/mol. The fourth-order valence-electron chi connectivity index (χ4n) is 1.41. The summed E-state index contributed by atoms with van der Waals surface area (Å²) < 4.78 is 5.58. The van der Waals surface area contributed by atoms with Gasteiger partial charge in [-0.1, -0.05) is 34.8 Å². The van der Waals surface area contributed by atoms with Gasteiger partial charge in [-0.3, -0.25) is 0 Å². The van der Waals surface area contributed by atoms with Gasteiger partial charge in [0.2, 0.25) is 0 Å². The molecule has 0 atom stereocenters. The summed E-state index contributed by atoms with van der Waals surface area (Å²) in [5, 5.41) is 1.69. The standard InChI is InChI=1S/C13H10Cl3NO/c14-9-1-3-11(15)8(5-9)7-18-10-2-4-13(17)12(16)6-10/h1-6H,7,17H2. The minimum Gasteiger partial charge on any atom is -0.489 e. The molecule has 2 rings (SSSR count). The minimum absolute atomic E-state index is 0.319. The van der Waals surface area contributed by atoms with E-state index in [2.05, 4.69) is 0 Å². The van der Waals surface area contributed by atoms with Gasteiger partial charge in [0.15, 0.2) is 0 Å². The van der Waals surface area contributed by atoms with Crippen LogP contribution in [0.4, 0.5) is 5.69 Å². The number of ether oxygens (including phenoxy) is 1. The Hall–Kier alpha value is -1.09. The van der Waals surface area contributed by atoms with Crippen molar-refractivity contribution >= 4 is 40.5 Å². The fourth-order valence-corrected chi connectivity index (χ4v) is 1.95. The van der Waals surface area contributed by atoms with Crippen molar-refractivity contribution in [1.82, 2.24) is 0 Å². The summed E-state index contributed by atoms with van der Waals surface area (Å²) in [6.07, 6.45) is 0. The largest absolute Gasteiger partial charge is 0.489 e. The van der Waals surface area contributed by atoms with E-state index >= 15 is 0 Å². The highest BCUT2D eigenvalue weighted by Gasteiger charge is 2.04. The third-order valence-corrected chi connectivity index (χ3v) is 3.31. The van der Waals surface area contributed by atoms with E-state index in [1.807, 2.05) is 0 Å². The summed E-state index contributed by atoms with van der Waals surface area (Å²) in [6.45, 7) is 0.319. The first kappa shape index (κ1) is 13.3. The van der Waals surface area contributed by atoms with Crippen LogP contribution in [-0.4, -0.2) is 0 Å². The molecule has 0 aliphatic heterocycles. The first-order valence-corrected chi connectivity index (χ1v) is 6.31. The van der Waals surface area contributed by atoms with Crippen LogP contribution in [0, 0.1) is 0 Å². The Kier molecular flexibility index (Phi) is 4.23. The summed E-state index contributed by atoms with van der Waals surface area (Å²) in [4.78, 5) is 0. The molecular weight excluding hydrogens is 293 g/mol. The molecule has 5 heteroatoms. The van der Waals surface area contributed by atoms with Gasteiger partial charge in [0.05, 0.1) is 10.7 Å². The summed E-state index contributed by atoms with van der Waals surface area (Å²) in [5.74, 6) is 0.630. The second-order valence-corrected chi connectivity index (χ2v) is 4.96. The van der Waals surface area contributed by atoms with E-state index < -0.39 is 0 Å². The number of rotatable bonds is 3. The highest BCUT2D eigenvalue weighted by Crippen LogP contribution is 2.26. The Morgan fingerprint density at radius 2 is 1.72 bits per heavy atom. The van der Waals surface area contributed by atoms with E-state index in [1.54, 1.807) is 36.4 Å². The van der Waals surface area contributed by atoms with Gasteiger partial charge in [-0.2, -0.15) is 0 Å². The monoisotopic (exact) mass is 301 g/mol. The molecule has 0 spiro atoms. The molecular formula is C13H10Cl3NO. The molecule has 0 heterocycles. The first-order chi connectivity index (χ1) is 8.56. The van der Waals surface area contributed by atoms with E-state index in [-0.39, 0.29) is 0 Å². The van der Waals surface area contributed by atoms with Gasteiger partial charge in [0.1, 0.15) is 12.4 Å². The van der Waals surface area contributed by atoms with E-state index in [1.165, 1.54) is 0 Å². The molecule has 0 saturated carbocycles. The molecule has 0 aromatic heterocycles. The molecule has 2 N–H and O–H groups in total. The van der Waals surface area contributed by atoms with Crippen LogP contribution in [0.25, 0.3) is 0 Å². The third kappa shape index (κ3) is 3.22. The average molecular weight is 303 g/mol. The third-order valence-electron chi connectivity index (χ3n) is 2.37. The molecule has 0 aliphatic carbocycles. The van der Waals surface area contributed by atoms with Crippen molar-refractivity contribution in [3.8, 4) is 5.75 Å². The molecule has 0 unspecified atom stereocenters. The molecule has 2 aromatic rings. The zero-order valence-corrected chi connectivity index (χ0v) is 11.6. The second kappa shape index (κ2) is 5.70. The molecule has 0 saturated heterocycles. The average Bonchev–Trinajstić information content (AvgIpc) is 2.34. The Morgan fingerprint density at radius 1 is 0.944 bits per heavy atom. The normalized spacial score (nSPS) is 10.4. The van der Waals surface area contributed by atoms with Crippen LogP contribution in [0.15, 0.2) is 36.4 Å². The van der Waals surface area contributed by atoms with Crippen molar-refractivity contribution in [2.75, 3.05) is 5.73 Å². The van der Waals surface area contributed by atoms with Crippen molar-refractivity contribution < 1.29 is 4.74 Å². The summed E-state index contributed by atoms with van der Waals surface area (Å²) in [7, 11) is 0. The molecule has 2 nitrogen and oxygen atoms in total. The number of benzene rings is 2. The SMILES string of the molecule is Nc1ccc(OCc2cc(Cl)ccc2Cl)cc1Cl. The van der Waals surface area contributed by atoms with E-state index in [0.717, 1.165) is 5.56 Å². The molecule has 94 valence electrons. The Morgan fingerprint density at radius 3 is 2.44 bits per heavy atom. The maximum absolute atomic E-state index is 6.03. The summed E-state index contributed by atoms with van der Waals surface area (Å²) in [6, 6.07) is 10.3. The highest BCUT2D eigenvalue weighted by atomic mass is 35.5. The Bertz CT molecular complexity index is 572. The lowest BCUT2D eigenvalue weighted by Gasteiger charge is -2.09. The first-order valence-electron chi connectivity index (χ1n) is 5.18. The lowest BCUT2D eigenvalue weighted by molar-refractivity contribution is 0.306. The molecule has 18 heavy (non-hydrogen) atoms. The van der Waals surface area contributed by atoms with Crippen LogP contribution in [0.1, 0.15) is 5.56 Å². The van der Waals surface area contributed by atoms with Crippen molar-refractivity contribution in [2.45, 2.75) is 6.61 Å².